The zero-order valence-electron chi connectivity index (χ0n) is 48.8. The first-order chi connectivity index (χ1) is 37.0. The van der Waals surface area contributed by atoms with Crippen LogP contribution in [-0.2, 0) is 28.6 Å². The first kappa shape index (κ1) is 70.8. The molecule has 0 spiro atoms. The van der Waals surface area contributed by atoms with Gasteiger partial charge in [0.15, 0.2) is 6.10 Å². The minimum absolute atomic E-state index is 0.103. The fourth-order valence-electron chi connectivity index (χ4n) is 8.27. The highest BCUT2D eigenvalue weighted by atomic mass is 16.6. The van der Waals surface area contributed by atoms with Gasteiger partial charge in [-0.2, -0.15) is 0 Å². The van der Waals surface area contributed by atoms with Crippen LogP contribution in [0.2, 0.25) is 0 Å². The molecule has 0 aromatic carbocycles. The molecule has 1 atom stereocenters. The SMILES string of the molecule is CC/C=C\C/C=C\C/C=C\C/C=C\C/C=C\CCCCCC(=O)OC(COC(=O)CCCCCCCC/C=C\C/C=C\C/C=C\CCCCCCC)COC(=O)CCCCCCCCC/C=C\C/C=C\CCCCC. The van der Waals surface area contributed by atoms with Crippen molar-refractivity contribution in [1.82, 2.24) is 0 Å². The summed E-state index contributed by atoms with van der Waals surface area (Å²) in [5, 5.41) is 0. The standard InChI is InChI=1S/C69H114O6/c1-4-7-10-13-16-19-22-25-28-31-33-34-36-38-41-44-47-50-53-56-59-62-68(71)74-65-66(64-73-67(70)61-58-55-52-49-46-43-40-37-30-27-24-21-18-15-12-9-6-3)75-69(72)63-60-57-54-51-48-45-42-39-35-32-29-26-23-20-17-14-11-8-5-2/h8,11,17-18,20-22,25-27,29-31,33,35-36,38-39,45,48,66H,4-7,9-10,12-16,19,23-24,28,32,34,37,40-44,46-47,49-65H2,1-3H3/b11-8-,20-17-,21-18-,25-22-,29-26-,30-27-,33-31-,38-36-,39-35-,48-45-. The van der Waals surface area contributed by atoms with Crippen molar-refractivity contribution in [2.24, 2.45) is 0 Å². The zero-order valence-corrected chi connectivity index (χ0v) is 48.8. The normalized spacial score (nSPS) is 12.9. The third-order valence-corrected chi connectivity index (χ3v) is 12.9. The van der Waals surface area contributed by atoms with Gasteiger partial charge in [-0.25, -0.2) is 0 Å². The van der Waals surface area contributed by atoms with E-state index in [1.807, 2.05) is 0 Å². The molecular formula is C69H114O6. The van der Waals surface area contributed by atoms with Crippen LogP contribution in [0.1, 0.15) is 278 Å². The Morgan fingerprint density at radius 3 is 0.853 bits per heavy atom. The lowest BCUT2D eigenvalue weighted by Gasteiger charge is -2.18. The van der Waals surface area contributed by atoms with Crippen molar-refractivity contribution in [2.45, 2.75) is 284 Å². The quantitative estimate of drug-likeness (QED) is 0.0261. The van der Waals surface area contributed by atoms with E-state index in [0.717, 1.165) is 135 Å². The lowest BCUT2D eigenvalue weighted by Crippen LogP contribution is -2.30. The summed E-state index contributed by atoms with van der Waals surface area (Å²) in [5.41, 5.74) is 0. The number of allylic oxidation sites excluding steroid dienone is 20. The van der Waals surface area contributed by atoms with Gasteiger partial charge in [0.1, 0.15) is 13.2 Å². The molecule has 75 heavy (non-hydrogen) atoms. The summed E-state index contributed by atoms with van der Waals surface area (Å²) in [6, 6.07) is 0. The Labute approximate surface area is 462 Å². The van der Waals surface area contributed by atoms with E-state index in [2.05, 4.69) is 142 Å². The van der Waals surface area contributed by atoms with Gasteiger partial charge in [0.05, 0.1) is 0 Å². The number of carbonyl (C=O) groups excluding carboxylic acids is 3. The molecule has 6 nitrogen and oxygen atoms in total. The Balaban J connectivity index is 4.50. The molecule has 0 fully saturated rings. The number of hydrogen-bond acceptors (Lipinski definition) is 6. The Kier molecular flexibility index (Phi) is 58.9. The summed E-state index contributed by atoms with van der Waals surface area (Å²) < 4.78 is 16.9. The summed E-state index contributed by atoms with van der Waals surface area (Å²) in [5.74, 6) is -0.953. The molecule has 0 aromatic heterocycles. The molecule has 1 unspecified atom stereocenters. The van der Waals surface area contributed by atoms with Crippen LogP contribution in [0.3, 0.4) is 0 Å². The third kappa shape index (κ3) is 60.6. The molecule has 0 rings (SSSR count). The number of unbranched alkanes of at least 4 members (excludes halogenated alkanes) is 24. The molecule has 0 heterocycles. The molecule has 0 bridgehead atoms. The summed E-state index contributed by atoms with van der Waals surface area (Å²) in [6.45, 7) is 6.45. The Bertz CT molecular complexity index is 1570. The molecule has 0 aliphatic rings. The first-order valence-corrected chi connectivity index (χ1v) is 31.0. The van der Waals surface area contributed by atoms with Crippen molar-refractivity contribution in [3.05, 3.63) is 122 Å². The van der Waals surface area contributed by atoms with Gasteiger partial charge >= 0.3 is 17.9 Å². The van der Waals surface area contributed by atoms with Crippen molar-refractivity contribution < 1.29 is 28.6 Å². The van der Waals surface area contributed by atoms with Crippen LogP contribution in [0.4, 0.5) is 0 Å². The summed E-state index contributed by atoms with van der Waals surface area (Å²) in [4.78, 5) is 38.3. The average Bonchev–Trinajstić information content (AvgIpc) is 3.41. The van der Waals surface area contributed by atoms with E-state index in [-0.39, 0.29) is 37.5 Å². The van der Waals surface area contributed by atoms with Crippen molar-refractivity contribution >= 4 is 17.9 Å². The number of hydrogen-bond donors (Lipinski definition) is 0. The van der Waals surface area contributed by atoms with E-state index in [1.165, 1.54) is 103 Å². The number of carbonyl (C=O) groups is 3. The predicted molar refractivity (Wildman–Crippen MR) is 325 cm³/mol. The molecule has 0 N–H and O–H groups in total. The second kappa shape index (κ2) is 62.4. The maximum atomic E-state index is 12.9. The minimum Gasteiger partial charge on any atom is -0.462 e. The molecule has 0 aromatic rings. The number of rotatable bonds is 55. The molecule has 426 valence electrons. The highest BCUT2D eigenvalue weighted by Gasteiger charge is 2.19. The van der Waals surface area contributed by atoms with E-state index < -0.39 is 6.10 Å². The largest absolute Gasteiger partial charge is 0.462 e. The van der Waals surface area contributed by atoms with E-state index in [0.29, 0.717) is 12.8 Å². The Hall–Kier alpha value is -4.19. The van der Waals surface area contributed by atoms with Gasteiger partial charge in [0.25, 0.3) is 0 Å². The highest BCUT2D eigenvalue weighted by molar-refractivity contribution is 5.71. The first-order valence-electron chi connectivity index (χ1n) is 31.0. The fourth-order valence-corrected chi connectivity index (χ4v) is 8.27. The van der Waals surface area contributed by atoms with Crippen LogP contribution in [0.5, 0.6) is 0 Å². The molecule has 6 heteroatoms. The number of ether oxygens (including phenoxy) is 3. The maximum absolute atomic E-state index is 12.9. The monoisotopic (exact) mass is 1040 g/mol. The van der Waals surface area contributed by atoms with E-state index in [1.54, 1.807) is 0 Å². The van der Waals surface area contributed by atoms with Crippen LogP contribution in [0.25, 0.3) is 0 Å². The Morgan fingerprint density at radius 2 is 0.520 bits per heavy atom. The molecule has 0 aliphatic carbocycles. The third-order valence-electron chi connectivity index (χ3n) is 12.9. The van der Waals surface area contributed by atoms with Crippen molar-refractivity contribution in [2.75, 3.05) is 13.2 Å². The second-order valence-corrected chi connectivity index (χ2v) is 20.2. The lowest BCUT2D eigenvalue weighted by molar-refractivity contribution is -0.167. The van der Waals surface area contributed by atoms with Gasteiger partial charge < -0.3 is 14.2 Å². The lowest BCUT2D eigenvalue weighted by atomic mass is 10.1. The van der Waals surface area contributed by atoms with Crippen molar-refractivity contribution in [3.63, 3.8) is 0 Å². The van der Waals surface area contributed by atoms with Crippen LogP contribution in [0.15, 0.2) is 122 Å². The smallest absolute Gasteiger partial charge is 0.306 e. The molecule has 0 aliphatic heterocycles. The molecular weight excluding hydrogens is 925 g/mol. The van der Waals surface area contributed by atoms with Crippen molar-refractivity contribution in [1.29, 1.82) is 0 Å². The molecule has 0 radical (unpaired) electrons. The van der Waals surface area contributed by atoms with Gasteiger partial charge in [-0.1, -0.05) is 245 Å². The maximum Gasteiger partial charge on any atom is 0.306 e. The molecule has 0 saturated carbocycles. The fraction of sp³-hybridized carbons (Fsp3) is 0.667. The van der Waals surface area contributed by atoms with Gasteiger partial charge in [0, 0.05) is 19.3 Å². The topological polar surface area (TPSA) is 78.9 Å². The van der Waals surface area contributed by atoms with E-state index >= 15 is 0 Å². The zero-order chi connectivity index (χ0) is 54.3. The highest BCUT2D eigenvalue weighted by Crippen LogP contribution is 2.14. The average molecular weight is 1040 g/mol. The summed E-state index contributed by atoms with van der Waals surface area (Å²) >= 11 is 0. The molecule has 0 amide bonds. The van der Waals surface area contributed by atoms with Gasteiger partial charge in [0.2, 0.25) is 0 Å². The predicted octanol–water partition coefficient (Wildman–Crippen LogP) is 21.2. The molecule has 0 saturated heterocycles. The minimum atomic E-state index is -0.810. The number of esters is 3. The van der Waals surface area contributed by atoms with Crippen molar-refractivity contribution in [3.8, 4) is 0 Å². The Morgan fingerprint density at radius 1 is 0.280 bits per heavy atom. The van der Waals surface area contributed by atoms with E-state index in [9.17, 15) is 14.4 Å². The van der Waals surface area contributed by atoms with E-state index in [4.69, 9.17) is 14.2 Å². The second-order valence-electron chi connectivity index (χ2n) is 20.2. The van der Waals surface area contributed by atoms with Gasteiger partial charge in [-0.3, -0.25) is 14.4 Å². The summed E-state index contributed by atoms with van der Waals surface area (Å²) in [6.07, 6.45) is 86.1. The van der Waals surface area contributed by atoms with Crippen LogP contribution < -0.4 is 0 Å². The van der Waals surface area contributed by atoms with Crippen LogP contribution in [-0.4, -0.2) is 37.2 Å². The van der Waals surface area contributed by atoms with Crippen LogP contribution in [0, 0.1) is 0 Å². The van der Waals surface area contributed by atoms with Gasteiger partial charge in [-0.05, 0) is 135 Å². The van der Waals surface area contributed by atoms with Gasteiger partial charge in [-0.15, -0.1) is 0 Å². The van der Waals surface area contributed by atoms with Crippen LogP contribution >= 0.6 is 0 Å². The summed E-state index contributed by atoms with van der Waals surface area (Å²) in [7, 11) is 0.